The Bertz CT molecular complexity index is 884. The number of rotatable bonds is 6. The topological polar surface area (TPSA) is 59.8 Å². The summed E-state index contributed by atoms with van der Waals surface area (Å²) in [6.45, 7) is 7.04. The van der Waals surface area contributed by atoms with E-state index in [1.807, 2.05) is 43.3 Å². The van der Waals surface area contributed by atoms with E-state index in [1.54, 1.807) is 6.20 Å². The number of imidazole rings is 1. The Morgan fingerprint density at radius 3 is 2.84 bits per heavy atom. The number of pyridine rings is 1. The first-order valence-electron chi connectivity index (χ1n) is 8.86. The van der Waals surface area contributed by atoms with Gasteiger partial charge in [0.05, 0.1) is 0 Å². The highest BCUT2D eigenvalue weighted by Crippen LogP contribution is 2.24. The Balaban J connectivity index is 2.02. The summed E-state index contributed by atoms with van der Waals surface area (Å²) < 4.78 is 2.13. The van der Waals surface area contributed by atoms with Crippen LogP contribution in [0.2, 0.25) is 0 Å². The molecule has 0 radical (unpaired) electrons. The molecule has 5 heteroatoms. The number of benzene rings is 1. The summed E-state index contributed by atoms with van der Waals surface area (Å²) in [4.78, 5) is 21.7. The number of carbonyl (C=O) groups excluding carboxylic acids is 1. The molecule has 3 rings (SSSR count). The van der Waals surface area contributed by atoms with Crippen LogP contribution in [0.15, 0.2) is 42.6 Å². The van der Waals surface area contributed by atoms with E-state index in [2.05, 4.69) is 28.7 Å². The normalized spacial score (nSPS) is 12.3. The SMILES string of the molecule is CCCn1c(-c2cccc(C(=O)NC(C)CC)c2)nc2cccnc21. The van der Waals surface area contributed by atoms with Gasteiger partial charge in [0.1, 0.15) is 11.3 Å². The quantitative estimate of drug-likeness (QED) is 0.739. The van der Waals surface area contributed by atoms with Crippen molar-refractivity contribution in [3.05, 3.63) is 48.2 Å². The van der Waals surface area contributed by atoms with Gasteiger partial charge < -0.3 is 9.88 Å². The molecule has 25 heavy (non-hydrogen) atoms. The molecule has 0 fully saturated rings. The summed E-state index contributed by atoms with van der Waals surface area (Å²) in [6.07, 6.45) is 3.68. The van der Waals surface area contributed by atoms with Gasteiger partial charge in [0.2, 0.25) is 0 Å². The fourth-order valence-corrected chi connectivity index (χ4v) is 2.82. The Hall–Kier alpha value is -2.69. The van der Waals surface area contributed by atoms with Gasteiger partial charge in [-0.15, -0.1) is 0 Å². The van der Waals surface area contributed by atoms with E-state index in [4.69, 9.17) is 4.98 Å². The molecule has 130 valence electrons. The monoisotopic (exact) mass is 336 g/mol. The first kappa shape index (κ1) is 17.1. The molecular weight excluding hydrogens is 312 g/mol. The number of fused-ring (bicyclic) bond motifs is 1. The molecule has 0 saturated heterocycles. The number of aromatic nitrogens is 3. The highest BCUT2D eigenvalue weighted by molar-refractivity contribution is 5.95. The minimum atomic E-state index is -0.0486. The third-order valence-corrected chi connectivity index (χ3v) is 4.32. The van der Waals surface area contributed by atoms with Crippen molar-refractivity contribution < 1.29 is 4.79 Å². The van der Waals surface area contributed by atoms with Crippen LogP contribution >= 0.6 is 0 Å². The Morgan fingerprint density at radius 2 is 2.08 bits per heavy atom. The van der Waals surface area contributed by atoms with E-state index >= 15 is 0 Å². The highest BCUT2D eigenvalue weighted by atomic mass is 16.1. The molecule has 5 nitrogen and oxygen atoms in total. The number of hydrogen-bond acceptors (Lipinski definition) is 3. The number of hydrogen-bond donors (Lipinski definition) is 1. The molecule has 0 spiro atoms. The zero-order chi connectivity index (χ0) is 17.8. The Morgan fingerprint density at radius 1 is 1.24 bits per heavy atom. The minimum Gasteiger partial charge on any atom is -0.350 e. The van der Waals surface area contributed by atoms with Crippen LogP contribution in [0.3, 0.4) is 0 Å². The maximum atomic E-state index is 12.4. The van der Waals surface area contributed by atoms with Crippen molar-refractivity contribution in [2.75, 3.05) is 0 Å². The van der Waals surface area contributed by atoms with Crippen molar-refractivity contribution in [1.82, 2.24) is 19.9 Å². The fraction of sp³-hybridized carbons (Fsp3) is 0.350. The minimum absolute atomic E-state index is 0.0486. The van der Waals surface area contributed by atoms with Crippen LogP contribution in [0.4, 0.5) is 0 Å². The molecule has 1 unspecified atom stereocenters. The molecule has 1 amide bonds. The molecule has 0 aliphatic heterocycles. The molecule has 0 aliphatic rings. The number of carbonyl (C=O) groups is 1. The second-order valence-corrected chi connectivity index (χ2v) is 6.30. The number of nitrogens with one attached hydrogen (secondary N) is 1. The van der Waals surface area contributed by atoms with Crippen LogP contribution in [-0.4, -0.2) is 26.5 Å². The second-order valence-electron chi connectivity index (χ2n) is 6.30. The summed E-state index contributed by atoms with van der Waals surface area (Å²) in [6, 6.07) is 11.7. The lowest BCUT2D eigenvalue weighted by molar-refractivity contribution is 0.0939. The maximum absolute atomic E-state index is 12.4. The van der Waals surface area contributed by atoms with Crippen LogP contribution < -0.4 is 5.32 Å². The number of aryl methyl sites for hydroxylation is 1. The standard InChI is InChI=1S/C20H24N4O/c1-4-12-24-18(23-17-10-7-11-21-19(17)24)15-8-6-9-16(13-15)20(25)22-14(3)5-2/h6-11,13-14H,4-5,12H2,1-3H3,(H,22,25). The predicted octanol–water partition coefficient (Wildman–Crippen LogP) is 4.04. The van der Waals surface area contributed by atoms with Gasteiger partial charge in [-0.1, -0.05) is 26.0 Å². The number of amides is 1. The van der Waals surface area contributed by atoms with Gasteiger partial charge in [0, 0.05) is 29.9 Å². The van der Waals surface area contributed by atoms with Crippen molar-refractivity contribution >= 4 is 17.1 Å². The van der Waals surface area contributed by atoms with Gasteiger partial charge in [-0.2, -0.15) is 0 Å². The Kier molecular flexibility index (Phi) is 5.12. The lowest BCUT2D eigenvalue weighted by Gasteiger charge is -2.12. The molecule has 1 N–H and O–H groups in total. The van der Waals surface area contributed by atoms with Crippen molar-refractivity contribution in [2.24, 2.45) is 0 Å². The molecular formula is C20H24N4O. The number of nitrogens with zero attached hydrogens (tertiary/aromatic N) is 3. The summed E-state index contributed by atoms with van der Waals surface area (Å²) in [7, 11) is 0. The maximum Gasteiger partial charge on any atom is 0.251 e. The van der Waals surface area contributed by atoms with Crippen molar-refractivity contribution in [3.63, 3.8) is 0 Å². The molecule has 0 aliphatic carbocycles. The molecule has 2 aromatic heterocycles. The van der Waals surface area contributed by atoms with Gasteiger partial charge in [-0.25, -0.2) is 9.97 Å². The van der Waals surface area contributed by atoms with E-state index in [0.717, 1.165) is 41.9 Å². The van der Waals surface area contributed by atoms with Gasteiger partial charge in [0.25, 0.3) is 5.91 Å². The van der Waals surface area contributed by atoms with E-state index in [-0.39, 0.29) is 11.9 Å². The second kappa shape index (κ2) is 7.47. The first-order valence-corrected chi connectivity index (χ1v) is 8.86. The van der Waals surface area contributed by atoms with Crippen molar-refractivity contribution in [1.29, 1.82) is 0 Å². The van der Waals surface area contributed by atoms with Crippen molar-refractivity contribution in [3.8, 4) is 11.4 Å². The zero-order valence-corrected chi connectivity index (χ0v) is 15.0. The van der Waals surface area contributed by atoms with Crippen molar-refractivity contribution in [2.45, 2.75) is 46.2 Å². The van der Waals surface area contributed by atoms with Gasteiger partial charge in [-0.3, -0.25) is 4.79 Å². The summed E-state index contributed by atoms with van der Waals surface area (Å²) in [5.41, 5.74) is 3.35. The molecule has 1 aromatic carbocycles. The highest BCUT2D eigenvalue weighted by Gasteiger charge is 2.15. The van der Waals surface area contributed by atoms with E-state index < -0.39 is 0 Å². The third kappa shape index (κ3) is 3.55. The molecule has 3 aromatic rings. The lowest BCUT2D eigenvalue weighted by Crippen LogP contribution is -2.31. The molecule has 2 heterocycles. The summed E-state index contributed by atoms with van der Waals surface area (Å²) >= 11 is 0. The van der Waals surface area contributed by atoms with Crippen LogP contribution in [-0.2, 0) is 6.54 Å². The van der Waals surface area contributed by atoms with Crippen LogP contribution in [0.5, 0.6) is 0 Å². The Labute approximate surface area is 148 Å². The zero-order valence-electron chi connectivity index (χ0n) is 15.0. The molecule has 1 atom stereocenters. The summed E-state index contributed by atoms with van der Waals surface area (Å²) in [5.74, 6) is 0.807. The lowest BCUT2D eigenvalue weighted by atomic mass is 10.1. The molecule has 0 saturated carbocycles. The average molecular weight is 336 g/mol. The van der Waals surface area contributed by atoms with Crippen LogP contribution in [0.1, 0.15) is 44.0 Å². The first-order chi connectivity index (χ1) is 12.1. The summed E-state index contributed by atoms with van der Waals surface area (Å²) in [5, 5.41) is 3.01. The molecule has 0 bridgehead atoms. The van der Waals surface area contributed by atoms with Gasteiger partial charge >= 0.3 is 0 Å². The predicted molar refractivity (Wildman–Crippen MR) is 100 cm³/mol. The van der Waals surface area contributed by atoms with E-state index in [1.165, 1.54) is 0 Å². The third-order valence-electron chi connectivity index (χ3n) is 4.32. The average Bonchev–Trinajstić information content (AvgIpc) is 3.01. The fourth-order valence-electron chi connectivity index (χ4n) is 2.82. The van der Waals surface area contributed by atoms with Gasteiger partial charge in [-0.05, 0) is 44.0 Å². The smallest absolute Gasteiger partial charge is 0.251 e. The largest absolute Gasteiger partial charge is 0.350 e. The van der Waals surface area contributed by atoms with Gasteiger partial charge in [0.15, 0.2) is 5.65 Å². The van der Waals surface area contributed by atoms with Crippen LogP contribution in [0.25, 0.3) is 22.6 Å². The van der Waals surface area contributed by atoms with E-state index in [0.29, 0.717) is 5.56 Å². The van der Waals surface area contributed by atoms with E-state index in [9.17, 15) is 4.79 Å². The van der Waals surface area contributed by atoms with Crippen LogP contribution in [0, 0.1) is 0 Å².